The minimum atomic E-state index is -0.741. The van der Waals surface area contributed by atoms with Gasteiger partial charge in [-0.2, -0.15) is 0 Å². The van der Waals surface area contributed by atoms with Gasteiger partial charge in [-0.3, -0.25) is 4.79 Å². The third-order valence-electron chi connectivity index (χ3n) is 4.23. The van der Waals surface area contributed by atoms with Crippen LogP contribution in [0.1, 0.15) is 38.5 Å². The van der Waals surface area contributed by atoms with E-state index < -0.39 is 5.60 Å². The molecule has 1 aliphatic heterocycles. The maximum atomic E-state index is 12.1. The summed E-state index contributed by atoms with van der Waals surface area (Å²) in [4.78, 5) is 12.1. The zero-order chi connectivity index (χ0) is 13.0. The van der Waals surface area contributed by atoms with Crippen molar-refractivity contribution >= 4 is 5.91 Å². The van der Waals surface area contributed by atoms with E-state index in [1.165, 1.54) is 0 Å². The highest BCUT2D eigenvalue weighted by Crippen LogP contribution is 2.31. The third-order valence-corrected chi connectivity index (χ3v) is 4.23. The number of rotatable bonds is 3. The topological polar surface area (TPSA) is 84.6 Å². The normalized spacial score (nSPS) is 34.2. The molecule has 5 heteroatoms. The number of aliphatic hydroxyl groups is 1. The Kier molecular flexibility index (Phi) is 4.59. The molecule has 0 spiro atoms. The number of carbonyl (C=O) groups excluding carboxylic acids is 1. The van der Waals surface area contributed by atoms with Crippen molar-refractivity contribution < 1.29 is 14.6 Å². The van der Waals surface area contributed by atoms with E-state index in [0.717, 1.165) is 38.9 Å². The van der Waals surface area contributed by atoms with E-state index >= 15 is 0 Å². The summed E-state index contributed by atoms with van der Waals surface area (Å²) < 4.78 is 5.27. The van der Waals surface area contributed by atoms with Crippen molar-refractivity contribution in [1.29, 1.82) is 0 Å². The van der Waals surface area contributed by atoms with Crippen LogP contribution in [0.2, 0.25) is 0 Å². The first-order valence-electron chi connectivity index (χ1n) is 6.93. The van der Waals surface area contributed by atoms with Gasteiger partial charge < -0.3 is 20.9 Å². The fourth-order valence-electron chi connectivity index (χ4n) is 2.78. The molecule has 0 radical (unpaired) electrons. The lowest BCUT2D eigenvalue weighted by Gasteiger charge is -2.35. The Hall–Kier alpha value is -0.650. The van der Waals surface area contributed by atoms with Gasteiger partial charge in [-0.1, -0.05) is 0 Å². The average molecular weight is 256 g/mol. The fraction of sp³-hybridized carbons (Fsp3) is 0.923. The van der Waals surface area contributed by atoms with Gasteiger partial charge in [-0.05, 0) is 38.5 Å². The highest BCUT2D eigenvalue weighted by molar-refractivity contribution is 5.79. The molecule has 18 heavy (non-hydrogen) atoms. The van der Waals surface area contributed by atoms with E-state index in [2.05, 4.69) is 5.32 Å². The molecular formula is C13H24N2O3. The molecule has 0 aromatic rings. The number of nitrogens with one attached hydrogen (secondary N) is 1. The van der Waals surface area contributed by atoms with Crippen LogP contribution in [0.25, 0.3) is 0 Å². The van der Waals surface area contributed by atoms with E-state index in [4.69, 9.17) is 10.5 Å². The van der Waals surface area contributed by atoms with Crippen LogP contribution in [0.3, 0.4) is 0 Å². The molecule has 104 valence electrons. The Morgan fingerprint density at radius 1 is 1.28 bits per heavy atom. The van der Waals surface area contributed by atoms with Crippen molar-refractivity contribution in [3.8, 4) is 0 Å². The third kappa shape index (κ3) is 3.43. The lowest BCUT2D eigenvalue weighted by molar-refractivity contribution is -0.129. The summed E-state index contributed by atoms with van der Waals surface area (Å²) in [5.41, 5.74) is 4.80. The predicted molar refractivity (Wildman–Crippen MR) is 67.9 cm³/mol. The van der Waals surface area contributed by atoms with E-state index in [1.807, 2.05) is 0 Å². The van der Waals surface area contributed by atoms with Crippen LogP contribution in [-0.2, 0) is 9.53 Å². The average Bonchev–Trinajstić information content (AvgIpc) is 2.40. The number of hydrogen-bond donors (Lipinski definition) is 3. The molecule has 0 aromatic heterocycles. The summed E-state index contributed by atoms with van der Waals surface area (Å²) in [5, 5.41) is 13.1. The largest absolute Gasteiger partial charge is 0.389 e. The summed E-state index contributed by atoms with van der Waals surface area (Å²) in [5.74, 6) is 0.181. The molecule has 1 amide bonds. The number of hydrogen-bond acceptors (Lipinski definition) is 4. The van der Waals surface area contributed by atoms with Crippen molar-refractivity contribution in [3.05, 3.63) is 0 Å². The van der Waals surface area contributed by atoms with Crippen LogP contribution in [0.15, 0.2) is 0 Å². The molecule has 2 rings (SSSR count). The number of amides is 1. The Morgan fingerprint density at radius 2 is 1.89 bits per heavy atom. The number of nitrogens with two attached hydrogens (primary N) is 1. The lowest BCUT2D eigenvalue weighted by Crippen LogP contribution is -2.46. The minimum absolute atomic E-state index is 0.0414. The molecular weight excluding hydrogens is 232 g/mol. The van der Waals surface area contributed by atoms with Gasteiger partial charge >= 0.3 is 0 Å². The first-order chi connectivity index (χ1) is 8.63. The van der Waals surface area contributed by atoms with E-state index in [-0.39, 0.29) is 17.9 Å². The van der Waals surface area contributed by atoms with Crippen molar-refractivity contribution in [3.63, 3.8) is 0 Å². The maximum absolute atomic E-state index is 12.1. The molecule has 0 aromatic carbocycles. The Morgan fingerprint density at radius 3 is 2.44 bits per heavy atom. The summed E-state index contributed by atoms with van der Waals surface area (Å²) in [6, 6.07) is 0.265. The zero-order valence-corrected chi connectivity index (χ0v) is 10.9. The molecule has 0 bridgehead atoms. The van der Waals surface area contributed by atoms with Gasteiger partial charge in [0.05, 0.1) is 5.60 Å². The van der Waals surface area contributed by atoms with Crippen LogP contribution in [-0.4, -0.2) is 42.4 Å². The second-order valence-electron chi connectivity index (χ2n) is 5.60. The zero-order valence-electron chi connectivity index (χ0n) is 10.9. The standard InChI is InChI=1S/C13H24N2O3/c14-9-13(17)5-1-10(2-6-13)12(16)15-11-3-7-18-8-4-11/h10-11,17H,1-9,14H2,(H,15,16). The molecule has 1 heterocycles. The molecule has 0 atom stereocenters. The first-order valence-corrected chi connectivity index (χ1v) is 6.93. The van der Waals surface area contributed by atoms with E-state index in [9.17, 15) is 9.90 Å². The molecule has 4 N–H and O–H groups in total. The highest BCUT2D eigenvalue weighted by Gasteiger charge is 2.35. The molecule has 1 saturated carbocycles. The van der Waals surface area contributed by atoms with Crippen molar-refractivity contribution in [2.45, 2.75) is 50.2 Å². The van der Waals surface area contributed by atoms with Crippen molar-refractivity contribution in [1.82, 2.24) is 5.32 Å². The van der Waals surface area contributed by atoms with Crippen LogP contribution < -0.4 is 11.1 Å². The molecule has 1 aliphatic carbocycles. The van der Waals surface area contributed by atoms with Crippen LogP contribution in [0.5, 0.6) is 0 Å². The molecule has 1 saturated heterocycles. The smallest absolute Gasteiger partial charge is 0.223 e. The van der Waals surface area contributed by atoms with Gasteiger partial charge in [0.15, 0.2) is 0 Å². The van der Waals surface area contributed by atoms with Crippen LogP contribution in [0.4, 0.5) is 0 Å². The van der Waals surface area contributed by atoms with Gasteiger partial charge in [0.1, 0.15) is 0 Å². The van der Waals surface area contributed by atoms with Crippen LogP contribution in [0, 0.1) is 5.92 Å². The fourth-order valence-corrected chi connectivity index (χ4v) is 2.78. The summed E-state index contributed by atoms with van der Waals surface area (Å²) in [7, 11) is 0. The monoisotopic (exact) mass is 256 g/mol. The SMILES string of the molecule is NCC1(O)CCC(C(=O)NC2CCOCC2)CC1. The van der Waals surface area contributed by atoms with Gasteiger partial charge in [0.2, 0.25) is 5.91 Å². The van der Waals surface area contributed by atoms with Crippen molar-refractivity contribution in [2.24, 2.45) is 11.7 Å². The van der Waals surface area contributed by atoms with Crippen LogP contribution >= 0.6 is 0 Å². The molecule has 2 aliphatic rings. The Balaban J connectivity index is 1.76. The molecule has 2 fully saturated rings. The first kappa shape index (κ1) is 13.8. The summed E-state index contributed by atoms with van der Waals surface area (Å²) >= 11 is 0. The summed E-state index contributed by atoms with van der Waals surface area (Å²) in [6.45, 7) is 1.77. The number of carbonyl (C=O) groups is 1. The van der Waals surface area contributed by atoms with Crippen molar-refractivity contribution in [2.75, 3.05) is 19.8 Å². The van der Waals surface area contributed by atoms with Gasteiger partial charge in [-0.15, -0.1) is 0 Å². The van der Waals surface area contributed by atoms with Gasteiger partial charge in [0.25, 0.3) is 0 Å². The predicted octanol–water partition coefficient (Wildman–Crippen LogP) is 0.162. The molecule has 0 unspecified atom stereocenters. The second-order valence-corrected chi connectivity index (χ2v) is 5.60. The van der Waals surface area contributed by atoms with Gasteiger partial charge in [0, 0.05) is 31.7 Å². The minimum Gasteiger partial charge on any atom is -0.389 e. The Labute approximate surface area is 108 Å². The lowest BCUT2D eigenvalue weighted by atomic mass is 9.78. The molecule has 5 nitrogen and oxygen atoms in total. The maximum Gasteiger partial charge on any atom is 0.223 e. The number of ether oxygens (including phenoxy) is 1. The van der Waals surface area contributed by atoms with E-state index in [1.54, 1.807) is 0 Å². The van der Waals surface area contributed by atoms with E-state index in [0.29, 0.717) is 19.4 Å². The van der Waals surface area contributed by atoms with Gasteiger partial charge in [-0.25, -0.2) is 0 Å². The Bertz CT molecular complexity index is 282. The summed E-state index contributed by atoms with van der Waals surface area (Å²) in [6.07, 6.45) is 4.56. The second kappa shape index (κ2) is 5.99. The quantitative estimate of drug-likeness (QED) is 0.671. The highest BCUT2D eigenvalue weighted by atomic mass is 16.5.